The number of nitrogens with zero attached hydrogens (tertiary/aromatic N) is 2. The van der Waals surface area contributed by atoms with Crippen molar-refractivity contribution >= 4 is 22.8 Å². The Balaban J connectivity index is 2.04. The van der Waals surface area contributed by atoms with Gasteiger partial charge in [0.15, 0.2) is 0 Å². The number of aromatic nitrogens is 2. The highest BCUT2D eigenvalue weighted by atomic mass is 16.2. The van der Waals surface area contributed by atoms with Crippen molar-refractivity contribution in [2.75, 3.05) is 19.6 Å². The van der Waals surface area contributed by atoms with Crippen LogP contribution >= 0.6 is 0 Å². The lowest BCUT2D eigenvalue weighted by Crippen LogP contribution is -2.36. The summed E-state index contributed by atoms with van der Waals surface area (Å²) in [5.41, 5.74) is 0.0701. The van der Waals surface area contributed by atoms with Gasteiger partial charge in [0.2, 0.25) is 5.91 Å². The van der Waals surface area contributed by atoms with E-state index in [2.05, 4.69) is 10.3 Å². The van der Waals surface area contributed by atoms with Gasteiger partial charge >= 0.3 is 11.1 Å². The third kappa shape index (κ3) is 4.64. The molecule has 2 aromatic rings. The summed E-state index contributed by atoms with van der Waals surface area (Å²) in [5.74, 6) is -0.211. The third-order valence-electron chi connectivity index (χ3n) is 4.52. The van der Waals surface area contributed by atoms with Gasteiger partial charge in [0, 0.05) is 38.2 Å². The maximum atomic E-state index is 12.3. The quantitative estimate of drug-likeness (QED) is 0.533. The highest BCUT2D eigenvalue weighted by molar-refractivity contribution is 5.97. The highest BCUT2D eigenvalue weighted by Gasteiger charge is 2.12. The minimum Gasteiger partial charge on any atom is -0.352 e. The Morgan fingerprint density at radius 1 is 1.15 bits per heavy atom. The maximum Gasteiger partial charge on any atom is 0.316 e. The van der Waals surface area contributed by atoms with Gasteiger partial charge in [-0.1, -0.05) is 0 Å². The van der Waals surface area contributed by atoms with Gasteiger partial charge in [0.25, 0.3) is 5.91 Å². The van der Waals surface area contributed by atoms with E-state index in [1.54, 1.807) is 30.0 Å². The smallest absolute Gasteiger partial charge is 0.316 e. The van der Waals surface area contributed by atoms with E-state index in [9.17, 15) is 19.2 Å². The fourth-order valence-electron chi connectivity index (χ4n) is 3.01. The first-order valence-electron chi connectivity index (χ1n) is 9.25. The standard InChI is InChI=1S/C19H26N4O4/c1-4-22(5-2)16(24)8-7-11-20-17(25)13-9-10-15-14(12-13)21-18(26)19(27)23(15)6-3/h9-10,12H,4-8,11H2,1-3H3,(H,20,25)(H,21,26). The van der Waals surface area contributed by atoms with Crippen LogP contribution in [0.2, 0.25) is 0 Å². The van der Waals surface area contributed by atoms with Gasteiger partial charge in [-0.05, 0) is 45.4 Å². The van der Waals surface area contributed by atoms with Crippen LogP contribution in [0.4, 0.5) is 0 Å². The number of amides is 2. The number of aryl methyl sites for hydroxylation is 1. The molecule has 2 N–H and O–H groups in total. The Hall–Kier alpha value is -2.90. The summed E-state index contributed by atoms with van der Waals surface area (Å²) in [6.07, 6.45) is 0.941. The van der Waals surface area contributed by atoms with Crippen molar-refractivity contribution < 1.29 is 9.59 Å². The molecule has 8 heteroatoms. The van der Waals surface area contributed by atoms with Crippen molar-refractivity contribution in [3.8, 4) is 0 Å². The number of H-pyrrole nitrogens is 1. The van der Waals surface area contributed by atoms with Crippen molar-refractivity contribution in [1.82, 2.24) is 19.8 Å². The summed E-state index contributed by atoms with van der Waals surface area (Å²) in [6.45, 7) is 7.76. The molecule has 0 atom stereocenters. The zero-order valence-corrected chi connectivity index (χ0v) is 16.0. The van der Waals surface area contributed by atoms with E-state index in [1.807, 2.05) is 13.8 Å². The largest absolute Gasteiger partial charge is 0.352 e. The van der Waals surface area contributed by atoms with E-state index in [1.165, 1.54) is 4.57 Å². The minimum absolute atomic E-state index is 0.0788. The van der Waals surface area contributed by atoms with Gasteiger partial charge in [-0.25, -0.2) is 0 Å². The molecule has 0 aliphatic heterocycles. The molecule has 0 unspecified atom stereocenters. The monoisotopic (exact) mass is 374 g/mol. The first kappa shape index (κ1) is 20.4. The SMILES string of the molecule is CCN(CC)C(=O)CCCNC(=O)c1ccc2c(c1)[nH]c(=O)c(=O)n2CC. The van der Waals surface area contributed by atoms with Gasteiger partial charge in [0.1, 0.15) is 0 Å². The lowest BCUT2D eigenvalue weighted by Gasteiger charge is -2.18. The molecule has 0 bridgehead atoms. The molecule has 146 valence electrons. The predicted molar refractivity (Wildman–Crippen MR) is 104 cm³/mol. The molecule has 8 nitrogen and oxygen atoms in total. The molecule has 2 amide bonds. The molecule has 0 spiro atoms. The number of aromatic amines is 1. The van der Waals surface area contributed by atoms with Crippen molar-refractivity contribution in [1.29, 1.82) is 0 Å². The molecule has 2 rings (SSSR count). The molecule has 1 aromatic heterocycles. The Morgan fingerprint density at radius 2 is 1.85 bits per heavy atom. The van der Waals surface area contributed by atoms with E-state index < -0.39 is 11.1 Å². The number of carbonyl (C=O) groups excluding carboxylic acids is 2. The first-order valence-corrected chi connectivity index (χ1v) is 9.25. The van der Waals surface area contributed by atoms with Gasteiger partial charge in [-0.3, -0.25) is 19.2 Å². The van der Waals surface area contributed by atoms with E-state index in [-0.39, 0.29) is 11.8 Å². The lowest BCUT2D eigenvalue weighted by molar-refractivity contribution is -0.130. The van der Waals surface area contributed by atoms with Gasteiger partial charge < -0.3 is 19.8 Å². The minimum atomic E-state index is -0.711. The molecule has 0 saturated carbocycles. The Labute approximate surface area is 157 Å². The second-order valence-corrected chi connectivity index (χ2v) is 6.16. The van der Waals surface area contributed by atoms with Crippen LogP contribution in [0.5, 0.6) is 0 Å². The number of fused-ring (bicyclic) bond motifs is 1. The number of benzene rings is 1. The Morgan fingerprint density at radius 3 is 2.48 bits per heavy atom. The zero-order chi connectivity index (χ0) is 20.0. The van der Waals surface area contributed by atoms with Gasteiger partial charge in [-0.15, -0.1) is 0 Å². The van der Waals surface area contributed by atoms with Crippen LogP contribution in [0.1, 0.15) is 44.0 Å². The van der Waals surface area contributed by atoms with E-state index in [0.717, 1.165) is 0 Å². The maximum absolute atomic E-state index is 12.3. The molecule has 0 aliphatic rings. The zero-order valence-electron chi connectivity index (χ0n) is 16.0. The first-order chi connectivity index (χ1) is 12.9. The fraction of sp³-hybridized carbons (Fsp3) is 0.474. The number of nitrogens with one attached hydrogen (secondary N) is 2. The molecule has 0 aliphatic carbocycles. The van der Waals surface area contributed by atoms with E-state index >= 15 is 0 Å². The van der Waals surface area contributed by atoms with E-state index in [0.29, 0.717) is 55.6 Å². The average molecular weight is 374 g/mol. The van der Waals surface area contributed by atoms with E-state index in [4.69, 9.17) is 0 Å². The van der Waals surface area contributed by atoms with Gasteiger partial charge in [0.05, 0.1) is 11.0 Å². The number of hydrogen-bond acceptors (Lipinski definition) is 4. The third-order valence-corrected chi connectivity index (χ3v) is 4.52. The summed E-state index contributed by atoms with van der Waals surface area (Å²) < 4.78 is 1.37. The van der Waals surface area contributed by atoms with Crippen molar-refractivity contribution in [3.63, 3.8) is 0 Å². The summed E-state index contributed by atoms with van der Waals surface area (Å²) in [5, 5.41) is 2.78. The molecular weight excluding hydrogens is 348 g/mol. The van der Waals surface area contributed by atoms with Crippen molar-refractivity contribution in [2.45, 2.75) is 40.2 Å². The number of hydrogen-bond donors (Lipinski definition) is 2. The normalized spacial score (nSPS) is 10.8. The van der Waals surface area contributed by atoms with Crippen molar-refractivity contribution in [3.05, 3.63) is 44.5 Å². The van der Waals surface area contributed by atoms with Crippen LogP contribution in [0, 0.1) is 0 Å². The number of carbonyl (C=O) groups is 2. The molecule has 1 aromatic carbocycles. The predicted octanol–water partition coefficient (Wildman–Crippen LogP) is 1.09. The molecule has 0 fully saturated rings. The van der Waals surface area contributed by atoms with Crippen molar-refractivity contribution in [2.24, 2.45) is 0 Å². The molecule has 0 radical (unpaired) electrons. The Bertz CT molecular complexity index is 941. The van der Waals surface area contributed by atoms with Crippen LogP contribution in [-0.2, 0) is 11.3 Å². The number of rotatable bonds is 8. The second kappa shape index (κ2) is 9.16. The Kier molecular flexibility index (Phi) is 6.92. The van der Waals surface area contributed by atoms with Crippen LogP contribution in [0.15, 0.2) is 27.8 Å². The molecule has 27 heavy (non-hydrogen) atoms. The van der Waals surface area contributed by atoms with Crippen LogP contribution in [0.3, 0.4) is 0 Å². The summed E-state index contributed by atoms with van der Waals surface area (Å²) >= 11 is 0. The highest BCUT2D eigenvalue weighted by Crippen LogP contribution is 2.11. The molecule has 1 heterocycles. The van der Waals surface area contributed by atoms with Crippen LogP contribution in [0.25, 0.3) is 11.0 Å². The van der Waals surface area contributed by atoms with Crippen LogP contribution in [-0.4, -0.2) is 45.9 Å². The molecular formula is C19H26N4O4. The van der Waals surface area contributed by atoms with Gasteiger partial charge in [-0.2, -0.15) is 0 Å². The summed E-state index contributed by atoms with van der Waals surface area (Å²) in [4.78, 5) is 52.1. The average Bonchev–Trinajstić information content (AvgIpc) is 2.66. The summed E-state index contributed by atoms with van der Waals surface area (Å²) in [6, 6.07) is 4.82. The second-order valence-electron chi connectivity index (χ2n) is 6.16. The topological polar surface area (TPSA) is 104 Å². The molecule has 0 saturated heterocycles. The lowest BCUT2D eigenvalue weighted by atomic mass is 10.1. The fourth-order valence-corrected chi connectivity index (χ4v) is 3.01. The summed E-state index contributed by atoms with van der Waals surface area (Å²) in [7, 11) is 0. The van der Waals surface area contributed by atoms with Crippen LogP contribution < -0.4 is 16.4 Å².